The zero-order chi connectivity index (χ0) is 21.4. The van der Waals surface area contributed by atoms with Crippen LogP contribution in [0.5, 0.6) is 0 Å². The number of hydrogen-bond donors (Lipinski definition) is 2. The highest BCUT2D eigenvalue weighted by atomic mass is 16.2. The highest BCUT2D eigenvalue weighted by Crippen LogP contribution is 2.41. The minimum atomic E-state index is -0.791. The highest BCUT2D eigenvalue weighted by molar-refractivity contribution is 6.03. The van der Waals surface area contributed by atoms with E-state index >= 15 is 0 Å². The van der Waals surface area contributed by atoms with Gasteiger partial charge in [0.1, 0.15) is 0 Å². The van der Waals surface area contributed by atoms with Gasteiger partial charge in [0.25, 0.3) is 0 Å². The zero-order valence-corrected chi connectivity index (χ0v) is 18.4. The molecule has 0 spiro atoms. The number of urea groups is 1. The van der Waals surface area contributed by atoms with Crippen molar-refractivity contribution in [1.82, 2.24) is 15.5 Å². The third-order valence-electron chi connectivity index (χ3n) is 5.60. The lowest BCUT2D eigenvalue weighted by Gasteiger charge is -2.38. The van der Waals surface area contributed by atoms with E-state index in [0.29, 0.717) is 13.0 Å². The SMILES string of the molecule is CCCNC(=O)NC(=O)C(CCCN(C)C)(c1cccc2ccccc12)C(C)C. The van der Waals surface area contributed by atoms with Crippen molar-refractivity contribution in [3.05, 3.63) is 48.0 Å². The maximum absolute atomic E-state index is 13.6. The first-order chi connectivity index (χ1) is 13.8. The predicted octanol–water partition coefficient (Wildman–Crippen LogP) is 4.31. The molecule has 1 atom stereocenters. The summed E-state index contributed by atoms with van der Waals surface area (Å²) < 4.78 is 0. The summed E-state index contributed by atoms with van der Waals surface area (Å²) in [6.45, 7) is 7.55. The fraction of sp³-hybridized carbons (Fsp3) is 0.500. The Bertz CT molecular complexity index is 826. The molecule has 0 aliphatic carbocycles. The lowest BCUT2D eigenvalue weighted by atomic mass is 9.66. The number of benzene rings is 2. The molecule has 0 aliphatic rings. The molecule has 3 amide bonds. The molecular weight excluding hydrogens is 362 g/mol. The number of nitrogens with zero attached hydrogens (tertiary/aromatic N) is 1. The van der Waals surface area contributed by atoms with Gasteiger partial charge in [-0.05, 0) is 62.2 Å². The number of nitrogens with one attached hydrogen (secondary N) is 2. The van der Waals surface area contributed by atoms with Crippen molar-refractivity contribution in [3.63, 3.8) is 0 Å². The van der Waals surface area contributed by atoms with E-state index in [1.54, 1.807) is 0 Å². The second-order valence-corrected chi connectivity index (χ2v) is 8.27. The molecule has 0 bridgehead atoms. The monoisotopic (exact) mass is 397 g/mol. The Morgan fingerprint density at radius 1 is 1.07 bits per heavy atom. The zero-order valence-electron chi connectivity index (χ0n) is 18.4. The first kappa shape index (κ1) is 22.9. The van der Waals surface area contributed by atoms with E-state index in [1.807, 2.05) is 45.3 Å². The first-order valence-electron chi connectivity index (χ1n) is 10.5. The summed E-state index contributed by atoms with van der Waals surface area (Å²) >= 11 is 0. The van der Waals surface area contributed by atoms with E-state index in [9.17, 15) is 9.59 Å². The molecule has 5 nitrogen and oxygen atoms in total. The Balaban J connectivity index is 2.53. The number of imide groups is 1. The third-order valence-corrected chi connectivity index (χ3v) is 5.60. The Morgan fingerprint density at radius 2 is 1.76 bits per heavy atom. The molecule has 0 aliphatic heterocycles. The topological polar surface area (TPSA) is 61.4 Å². The van der Waals surface area contributed by atoms with E-state index in [1.165, 1.54) is 0 Å². The number of rotatable bonds is 9. The summed E-state index contributed by atoms with van der Waals surface area (Å²) in [7, 11) is 4.07. The summed E-state index contributed by atoms with van der Waals surface area (Å²) in [6, 6.07) is 13.8. The van der Waals surface area contributed by atoms with Crippen LogP contribution in [0.3, 0.4) is 0 Å². The van der Waals surface area contributed by atoms with Gasteiger partial charge in [0.05, 0.1) is 5.41 Å². The van der Waals surface area contributed by atoms with Crippen molar-refractivity contribution in [3.8, 4) is 0 Å². The second kappa shape index (κ2) is 10.4. The van der Waals surface area contributed by atoms with E-state index < -0.39 is 11.4 Å². The number of amides is 3. The smallest absolute Gasteiger partial charge is 0.321 e. The summed E-state index contributed by atoms with van der Waals surface area (Å²) in [4.78, 5) is 28.0. The van der Waals surface area contributed by atoms with Gasteiger partial charge in [0.15, 0.2) is 0 Å². The van der Waals surface area contributed by atoms with Crippen molar-refractivity contribution >= 4 is 22.7 Å². The van der Waals surface area contributed by atoms with Crippen LogP contribution in [-0.2, 0) is 10.2 Å². The van der Waals surface area contributed by atoms with Crippen molar-refractivity contribution < 1.29 is 9.59 Å². The Kier molecular flexibility index (Phi) is 8.21. The van der Waals surface area contributed by atoms with E-state index in [-0.39, 0.29) is 11.8 Å². The van der Waals surface area contributed by atoms with Crippen molar-refractivity contribution in [2.75, 3.05) is 27.2 Å². The average molecular weight is 398 g/mol. The van der Waals surface area contributed by atoms with Gasteiger partial charge in [-0.1, -0.05) is 63.2 Å². The molecule has 2 aromatic carbocycles. The summed E-state index contributed by atoms with van der Waals surface area (Å²) in [5.74, 6) is -0.203. The molecule has 2 rings (SSSR count). The molecule has 0 radical (unpaired) electrons. The fourth-order valence-corrected chi connectivity index (χ4v) is 4.02. The molecule has 0 saturated carbocycles. The number of carbonyl (C=O) groups excluding carboxylic acids is 2. The van der Waals surface area contributed by atoms with Crippen LogP contribution >= 0.6 is 0 Å². The highest BCUT2D eigenvalue weighted by Gasteiger charge is 2.44. The van der Waals surface area contributed by atoms with Crippen LogP contribution in [0.1, 0.15) is 45.6 Å². The number of fused-ring (bicyclic) bond motifs is 1. The quantitative estimate of drug-likeness (QED) is 0.663. The maximum Gasteiger partial charge on any atom is 0.321 e. The van der Waals surface area contributed by atoms with Gasteiger partial charge in [0.2, 0.25) is 5.91 Å². The first-order valence-corrected chi connectivity index (χ1v) is 10.5. The molecule has 0 heterocycles. The van der Waals surface area contributed by atoms with Crippen LogP contribution in [0.2, 0.25) is 0 Å². The average Bonchev–Trinajstić information content (AvgIpc) is 2.69. The van der Waals surface area contributed by atoms with Crippen molar-refractivity contribution in [2.24, 2.45) is 5.92 Å². The second-order valence-electron chi connectivity index (χ2n) is 8.27. The van der Waals surface area contributed by atoms with Crippen LogP contribution in [-0.4, -0.2) is 44.0 Å². The van der Waals surface area contributed by atoms with Gasteiger partial charge >= 0.3 is 6.03 Å². The van der Waals surface area contributed by atoms with Crippen molar-refractivity contribution in [2.45, 2.75) is 45.4 Å². The summed E-state index contributed by atoms with van der Waals surface area (Å²) in [5.41, 5.74) is 0.200. The lowest BCUT2D eigenvalue weighted by molar-refractivity contribution is -0.127. The van der Waals surface area contributed by atoms with Crippen LogP contribution in [0.25, 0.3) is 10.8 Å². The van der Waals surface area contributed by atoms with Crippen LogP contribution in [0, 0.1) is 5.92 Å². The Morgan fingerprint density at radius 3 is 2.41 bits per heavy atom. The summed E-state index contributed by atoms with van der Waals surface area (Å²) in [5, 5.41) is 7.56. The van der Waals surface area contributed by atoms with Gasteiger partial charge in [-0.3, -0.25) is 10.1 Å². The Hall–Kier alpha value is -2.40. The lowest BCUT2D eigenvalue weighted by Crippen LogP contribution is -2.52. The molecule has 0 fully saturated rings. The van der Waals surface area contributed by atoms with E-state index in [4.69, 9.17) is 0 Å². The number of hydrogen-bond acceptors (Lipinski definition) is 3. The molecule has 29 heavy (non-hydrogen) atoms. The van der Waals surface area contributed by atoms with Gasteiger partial charge in [-0.2, -0.15) is 0 Å². The van der Waals surface area contributed by atoms with Gasteiger partial charge in [0, 0.05) is 6.54 Å². The molecular formula is C24H35N3O2. The van der Waals surface area contributed by atoms with Gasteiger partial charge in [-0.25, -0.2) is 4.79 Å². The van der Waals surface area contributed by atoms with Crippen LogP contribution in [0.4, 0.5) is 4.79 Å². The fourth-order valence-electron chi connectivity index (χ4n) is 4.02. The third kappa shape index (κ3) is 5.36. The minimum absolute atomic E-state index is 0.0226. The predicted molar refractivity (Wildman–Crippen MR) is 120 cm³/mol. The minimum Gasteiger partial charge on any atom is -0.338 e. The van der Waals surface area contributed by atoms with Crippen LogP contribution in [0.15, 0.2) is 42.5 Å². The van der Waals surface area contributed by atoms with Crippen LogP contribution < -0.4 is 10.6 Å². The maximum atomic E-state index is 13.6. The number of carbonyl (C=O) groups is 2. The van der Waals surface area contributed by atoms with Gasteiger partial charge < -0.3 is 10.2 Å². The molecule has 158 valence electrons. The normalized spacial score (nSPS) is 13.5. The largest absolute Gasteiger partial charge is 0.338 e. The molecule has 2 aromatic rings. The van der Waals surface area contributed by atoms with Gasteiger partial charge in [-0.15, -0.1) is 0 Å². The standard InChI is InChI=1S/C24H35N3O2/c1-6-16-25-23(29)26-22(28)24(18(2)3,15-10-17-27(4)5)21-14-9-12-19-11-7-8-13-20(19)21/h7-9,11-14,18H,6,10,15-17H2,1-5H3,(H2,25,26,28,29). The summed E-state index contributed by atoms with van der Waals surface area (Å²) in [6.07, 6.45) is 2.35. The molecule has 5 heteroatoms. The molecule has 0 saturated heterocycles. The molecule has 2 N–H and O–H groups in total. The van der Waals surface area contributed by atoms with E-state index in [0.717, 1.165) is 35.7 Å². The van der Waals surface area contributed by atoms with E-state index in [2.05, 4.69) is 47.6 Å². The molecule has 0 aromatic heterocycles. The van der Waals surface area contributed by atoms with Crippen molar-refractivity contribution in [1.29, 1.82) is 0 Å². The Labute approximate surface area is 174 Å². The molecule has 1 unspecified atom stereocenters.